The molecular weight excluding hydrogens is 338 g/mol. The molecule has 0 unspecified atom stereocenters. The van der Waals surface area contributed by atoms with E-state index in [0.29, 0.717) is 12.2 Å². The van der Waals surface area contributed by atoms with Gasteiger partial charge in [0.2, 0.25) is 0 Å². The van der Waals surface area contributed by atoms with Gasteiger partial charge in [0, 0.05) is 26.2 Å². The molecule has 0 radical (unpaired) electrons. The molecule has 2 aromatic heterocycles. The van der Waals surface area contributed by atoms with Crippen molar-refractivity contribution in [2.24, 2.45) is 0 Å². The van der Waals surface area contributed by atoms with Crippen molar-refractivity contribution in [2.45, 2.75) is 13.0 Å². The molecule has 0 aromatic carbocycles. The molecule has 8 heteroatoms. The van der Waals surface area contributed by atoms with Crippen molar-refractivity contribution in [1.82, 2.24) is 19.5 Å². The van der Waals surface area contributed by atoms with E-state index in [1.54, 1.807) is 0 Å². The Labute approximate surface area is 130 Å². The Kier molecular flexibility index (Phi) is 4.39. The van der Waals surface area contributed by atoms with E-state index in [4.69, 9.17) is 10.5 Å². The quantitative estimate of drug-likeness (QED) is 0.827. The lowest BCUT2D eigenvalue weighted by Crippen LogP contribution is -2.36. The second-order valence-electron chi connectivity index (χ2n) is 5.01. The largest absolute Gasteiger partial charge is 0.396 e. The number of rotatable bonds is 4. The first-order valence-corrected chi connectivity index (χ1v) is 7.71. The van der Waals surface area contributed by atoms with Gasteiger partial charge in [-0.25, -0.2) is 9.50 Å². The van der Waals surface area contributed by atoms with Crippen molar-refractivity contribution in [3.05, 3.63) is 22.1 Å². The van der Waals surface area contributed by atoms with Gasteiger partial charge in [-0.15, -0.1) is 0 Å². The maximum atomic E-state index is 9.34. The highest BCUT2D eigenvalue weighted by Crippen LogP contribution is 2.32. The number of nitrogens with two attached hydrogens (primary N) is 1. The summed E-state index contributed by atoms with van der Waals surface area (Å²) < 4.78 is 8.08. The lowest BCUT2D eigenvalue weighted by atomic mass is 10.1. The molecule has 0 saturated carbocycles. The Hall–Kier alpha value is -1.22. The summed E-state index contributed by atoms with van der Waals surface area (Å²) in [5.74, 6) is 0.435. The summed E-state index contributed by atoms with van der Waals surface area (Å²) in [7, 11) is 0. The summed E-state index contributed by atoms with van der Waals surface area (Å²) in [5.41, 5.74) is 8.82. The number of aliphatic hydroxyl groups excluding tert-OH is 1. The number of aromatic nitrogens is 3. The SMILES string of the molecule is Nc1ncnn2c(CN3CCOCC3)c(CCO)c(Br)c12. The fourth-order valence-corrected chi connectivity index (χ4v) is 3.47. The van der Waals surface area contributed by atoms with E-state index in [1.807, 2.05) is 4.52 Å². The van der Waals surface area contributed by atoms with Crippen LogP contribution in [0.3, 0.4) is 0 Å². The highest BCUT2D eigenvalue weighted by Gasteiger charge is 2.22. The van der Waals surface area contributed by atoms with Crippen molar-refractivity contribution in [1.29, 1.82) is 0 Å². The van der Waals surface area contributed by atoms with E-state index >= 15 is 0 Å². The van der Waals surface area contributed by atoms with Gasteiger partial charge in [-0.2, -0.15) is 5.10 Å². The van der Waals surface area contributed by atoms with Crippen LogP contribution >= 0.6 is 15.9 Å². The summed E-state index contributed by atoms with van der Waals surface area (Å²) in [4.78, 5) is 6.37. The van der Waals surface area contributed by atoms with Crippen molar-refractivity contribution in [2.75, 3.05) is 38.6 Å². The van der Waals surface area contributed by atoms with Crippen LogP contribution in [0.15, 0.2) is 10.8 Å². The molecular formula is C13H18BrN5O2. The van der Waals surface area contributed by atoms with Gasteiger partial charge in [0.15, 0.2) is 5.82 Å². The first-order chi connectivity index (χ1) is 10.2. The van der Waals surface area contributed by atoms with Crippen LogP contribution in [0.2, 0.25) is 0 Å². The second kappa shape index (κ2) is 6.27. The standard InChI is InChI=1S/C13H18BrN5O2/c14-11-9(1-4-20)10(7-18-2-5-21-6-3-18)19-12(11)13(15)16-8-17-19/h8,20H,1-7H2,(H2,15,16,17). The number of ether oxygens (including phenoxy) is 1. The highest BCUT2D eigenvalue weighted by atomic mass is 79.9. The topological polar surface area (TPSA) is 88.9 Å². The van der Waals surface area contributed by atoms with Crippen LogP contribution < -0.4 is 5.73 Å². The Bertz CT molecular complexity index is 639. The number of halogens is 1. The maximum Gasteiger partial charge on any atom is 0.152 e. The molecule has 7 nitrogen and oxygen atoms in total. The third kappa shape index (κ3) is 2.76. The van der Waals surface area contributed by atoms with Crippen molar-refractivity contribution < 1.29 is 9.84 Å². The fourth-order valence-electron chi connectivity index (χ4n) is 2.67. The molecule has 3 heterocycles. The van der Waals surface area contributed by atoms with Crippen LogP contribution in [0.4, 0.5) is 5.82 Å². The molecule has 0 bridgehead atoms. The molecule has 0 aliphatic carbocycles. The number of hydrogen-bond donors (Lipinski definition) is 2. The molecule has 114 valence electrons. The van der Waals surface area contributed by atoms with Crippen molar-refractivity contribution in [3.63, 3.8) is 0 Å². The Morgan fingerprint density at radius 3 is 2.86 bits per heavy atom. The number of fused-ring (bicyclic) bond motifs is 1. The molecule has 2 aromatic rings. The van der Waals surface area contributed by atoms with Crippen molar-refractivity contribution >= 4 is 27.3 Å². The number of morpholine rings is 1. The fraction of sp³-hybridized carbons (Fsp3) is 0.538. The van der Waals surface area contributed by atoms with Gasteiger partial charge in [-0.1, -0.05) is 0 Å². The summed E-state index contributed by atoms with van der Waals surface area (Å²) in [6, 6.07) is 0. The Balaban J connectivity index is 2.05. The third-order valence-corrected chi connectivity index (χ3v) is 4.59. The van der Waals surface area contributed by atoms with Crippen molar-refractivity contribution in [3.8, 4) is 0 Å². The van der Waals surface area contributed by atoms with Crippen LogP contribution in [0.1, 0.15) is 11.3 Å². The summed E-state index contributed by atoms with van der Waals surface area (Å²) in [6.45, 7) is 4.11. The van der Waals surface area contributed by atoms with Gasteiger partial charge in [-0.05, 0) is 27.9 Å². The van der Waals surface area contributed by atoms with Gasteiger partial charge in [-0.3, -0.25) is 4.90 Å². The zero-order chi connectivity index (χ0) is 14.8. The van der Waals surface area contributed by atoms with Gasteiger partial charge in [0.05, 0.1) is 23.4 Å². The molecule has 0 spiro atoms. The number of anilines is 1. The van der Waals surface area contributed by atoms with Crippen LogP contribution in [-0.2, 0) is 17.7 Å². The predicted octanol–water partition coefficient (Wildman–Crippen LogP) is 0.441. The van der Waals surface area contributed by atoms with Crippen LogP contribution in [-0.4, -0.2) is 57.5 Å². The van der Waals surface area contributed by atoms with Crippen LogP contribution in [0.5, 0.6) is 0 Å². The lowest BCUT2D eigenvalue weighted by molar-refractivity contribution is 0.0333. The molecule has 21 heavy (non-hydrogen) atoms. The minimum Gasteiger partial charge on any atom is -0.396 e. The number of nitrogen functional groups attached to an aromatic ring is 1. The monoisotopic (exact) mass is 355 g/mol. The smallest absolute Gasteiger partial charge is 0.152 e. The number of aliphatic hydroxyl groups is 1. The number of hydrogen-bond acceptors (Lipinski definition) is 6. The predicted molar refractivity (Wildman–Crippen MR) is 82.0 cm³/mol. The van der Waals surface area contributed by atoms with Gasteiger partial charge < -0.3 is 15.6 Å². The molecule has 0 atom stereocenters. The van der Waals surface area contributed by atoms with E-state index in [2.05, 4.69) is 30.9 Å². The molecule has 1 aliphatic rings. The summed E-state index contributed by atoms with van der Waals surface area (Å²) in [6.07, 6.45) is 2.02. The first kappa shape index (κ1) is 14.7. The van der Waals surface area contributed by atoms with Crippen LogP contribution in [0, 0.1) is 0 Å². The first-order valence-electron chi connectivity index (χ1n) is 6.91. The van der Waals surface area contributed by atoms with E-state index in [1.165, 1.54) is 6.33 Å². The van der Waals surface area contributed by atoms with Gasteiger partial charge >= 0.3 is 0 Å². The van der Waals surface area contributed by atoms with E-state index in [0.717, 1.165) is 54.1 Å². The van der Waals surface area contributed by atoms with E-state index in [9.17, 15) is 5.11 Å². The second-order valence-corrected chi connectivity index (χ2v) is 5.80. The van der Waals surface area contributed by atoms with E-state index < -0.39 is 0 Å². The van der Waals surface area contributed by atoms with Gasteiger partial charge in [0.1, 0.15) is 11.8 Å². The molecule has 0 amide bonds. The molecule has 1 fully saturated rings. The van der Waals surface area contributed by atoms with Crippen LogP contribution in [0.25, 0.3) is 5.52 Å². The Morgan fingerprint density at radius 2 is 2.14 bits per heavy atom. The molecule has 1 saturated heterocycles. The van der Waals surface area contributed by atoms with Gasteiger partial charge in [0.25, 0.3) is 0 Å². The molecule has 3 N–H and O–H groups in total. The minimum atomic E-state index is 0.0823. The molecule has 3 rings (SSSR count). The zero-order valence-corrected chi connectivity index (χ0v) is 13.2. The number of nitrogens with zero attached hydrogens (tertiary/aromatic N) is 4. The zero-order valence-electron chi connectivity index (χ0n) is 11.6. The Morgan fingerprint density at radius 1 is 1.38 bits per heavy atom. The highest BCUT2D eigenvalue weighted by molar-refractivity contribution is 9.10. The van der Waals surface area contributed by atoms with E-state index in [-0.39, 0.29) is 6.61 Å². The maximum absolute atomic E-state index is 9.34. The summed E-state index contributed by atoms with van der Waals surface area (Å²) in [5, 5.41) is 13.7. The minimum absolute atomic E-state index is 0.0823. The lowest BCUT2D eigenvalue weighted by Gasteiger charge is -2.26. The normalized spacial score (nSPS) is 16.7. The average molecular weight is 356 g/mol. The molecule has 1 aliphatic heterocycles. The summed E-state index contributed by atoms with van der Waals surface area (Å²) >= 11 is 3.58. The average Bonchev–Trinajstić information content (AvgIpc) is 2.76. The third-order valence-electron chi connectivity index (χ3n) is 3.73.